The minimum Gasteiger partial charge on any atom is -0.481 e. The highest BCUT2D eigenvalue weighted by Gasteiger charge is 2.05. The average molecular weight is 309 g/mol. The first-order valence-corrected chi connectivity index (χ1v) is 5.82. The van der Waals surface area contributed by atoms with E-state index in [-0.39, 0.29) is 6.01 Å². The van der Waals surface area contributed by atoms with Crippen molar-refractivity contribution in [1.29, 1.82) is 0 Å². The van der Waals surface area contributed by atoms with Crippen molar-refractivity contribution in [3.63, 3.8) is 0 Å². The Morgan fingerprint density at radius 1 is 1.33 bits per heavy atom. The van der Waals surface area contributed by atoms with Gasteiger partial charge in [0.25, 0.3) is 0 Å². The Labute approximate surface area is 112 Å². The lowest BCUT2D eigenvalue weighted by Gasteiger charge is -2.06. The summed E-state index contributed by atoms with van der Waals surface area (Å²) in [6.07, 6.45) is 2.27. The molecule has 0 saturated carbocycles. The van der Waals surface area contributed by atoms with Gasteiger partial charge in [0.05, 0.1) is 7.11 Å². The molecule has 0 spiro atoms. The normalized spacial score (nSPS) is 9.89. The number of carbonyl (C=O) groups is 1. The second kappa shape index (κ2) is 5.59. The van der Waals surface area contributed by atoms with Gasteiger partial charge < -0.3 is 9.47 Å². The van der Waals surface area contributed by atoms with Crippen molar-refractivity contribution in [3.05, 3.63) is 40.5 Å². The molecule has 6 heteroatoms. The van der Waals surface area contributed by atoms with E-state index in [0.29, 0.717) is 21.7 Å². The first-order chi connectivity index (χ1) is 8.72. The van der Waals surface area contributed by atoms with Crippen molar-refractivity contribution in [1.82, 2.24) is 9.97 Å². The number of rotatable bonds is 4. The molecule has 1 heterocycles. The molecule has 0 fully saturated rings. The Bertz CT molecular complexity index is 575. The van der Waals surface area contributed by atoms with Crippen LogP contribution in [0.1, 0.15) is 10.4 Å². The van der Waals surface area contributed by atoms with Gasteiger partial charge in [0.2, 0.25) is 5.88 Å². The fourth-order valence-electron chi connectivity index (χ4n) is 1.27. The van der Waals surface area contributed by atoms with Gasteiger partial charge in [-0.15, -0.1) is 0 Å². The number of benzene rings is 1. The molecule has 92 valence electrons. The molecule has 0 bridgehead atoms. The summed E-state index contributed by atoms with van der Waals surface area (Å²) in [6, 6.07) is 6.80. The minimum absolute atomic E-state index is 0.161. The van der Waals surface area contributed by atoms with Crippen molar-refractivity contribution >= 4 is 22.2 Å². The van der Waals surface area contributed by atoms with Gasteiger partial charge in [-0.3, -0.25) is 4.79 Å². The maximum Gasteiger partial charge on any atom is 0.325 e. The van der Waals surface area contributed by atoms with E-state index in [1.807, 2.05) is 0 Å². The Kier molecular flexibility index (Phi) is 3.88. The lowest BCUT2D eigenvalue weighted by atomic mass is 10.2. The van der Waals surface area contributed by atoms with Gasteiger partial charge in [-0.1, -0.05) is 15.9 Å². The fourth-order valence-corrected chi connectivity index (χ4v) is 1.61. The van der Waals surface area contributed by atoms with Gasteiger partial charge in [-0.2, -0.15) is 4.98 Å². The summed E-state index contributed by atoms with van der Waals surface area (Å²) in [7, 11) is 1.51. The SMILES string of the molecule is COc1ccnc(Oc2ccc(Br)c(C=O)c2)n1. The van der Waals surface area contributed by atoms with Crippen molar-refractivity contribution in [2.45, 2.75) is 0 Å². The summed E-state index contributed by atoms with van der Waals surface area (Å²) in [5.74, 6) is 0.890. The van der Waals surface area contributed by atoms with E-state index in [2.05, 4.69) is 25.9 Å². The quantitative estimate of drug-likeness (QED) is 0.813. The summed E-state index contributed by atoms with van der Waals surface area (Å²) in [5, 5.41) is 0. The maximum atomic E-state index is 10.8. The fraction of sp³-hybridized carbons (Fsp3) is 0.0833. The molecule has 2 rings (SSSR count). The highest BCUT2D eigenvalue weighted by molar-refractivity contribution is 9.10. The Balaban J connectivity index is 2.25. The molecule has 5 nitrogen and oxygen atoms in total. The van der Waals surface area contributed by atoms with Crippen LogP contribution in [-0.2, 0) is 0 Å². The molecular weight excluding hydrogens is 300 g/mol. The number of ether oxygens (including phenoxy) is 2. The molecule has 0 aliphatic rings. The second-order valence-electron chi connectivity index (χ2n) is 3.28. The van der Waals surface area contributed by atoms with Crippen LogP contribution in [0.3, 0.4) is 0 Å². The highest BCUT2D eigenvalue weighted by atomic mass is 79.9. The van der Waals surface area contributed by atoms with Crippen LogP contribution in [0.15, 0.2) is 34.9 Å². The number of nitrogens with zero attached hydrogens (tertiary/aromatic N) is 2. The van der Waals surface area contributed by atoms with Crippen LogP contribution in [0.25, 0.3) is 0 Å². The molecule has 1 aromatic carbocycles. The van der Waals surface area contributed by atoms with E-state index < -0.39 is 0 Å². The van der Waals surface area contributed by atoms with Crippen LogP contribution in [0.4, 0.5) is 0 Å². The van der Waals surface area contributed by atoms with Crippen LogP contribution in [0.2, 0.25) is 0 Å². The summed E-state index contributed by atoms with van der Waals surface area (Å²) in [4.78, 5) is 18.8. The zero-order valence-electron chi connectivity index (χ0n) is 9.46. The molecule has 0 unspecified atom stereocenters. The largest absolute Gasteiger partial charge is 0.481 e. The summed E-state index contributed by atoms with van der Waals surface area (Å²) >= 11 is 3.26. The summed E-state index contributed by atoms with van der Waals surface area (Å²) in [5.41, 5.74) is 0.496. The molecule has 0 saturated heterocycles. The zero-order chi connectivity index (χ0) is 13.0. The second-order valence-corrected chi connectivity index (χ2v) is 4.14. The predicted octanol–water partition coefficient (Wildman–Crippen LogP) is 2.85. The van der Waals surface area contributed by atoms with E-state index >= 15 is 0 Å². The number of methoxy groups -OCH3 is 1. The third-order valence-electron chi connectivity index (χ3n) is 2.12. The molecule has 0 radical (unpaired) electrons. The predicted molar refractivity (Wildman–Crippen MR) is 68.2 cm³/mol. The van der Waals surface area contributed by atoms with Crippen LogP contribution in [0.5, 0.6) is 17.6 Å². The number of carbonyl (C=O) groups excluding carboxylic acids is 1. The van der Waals surface area contributed by atoms with Crippen LogP contribution >= 0.6 is 15.9 Å². The molecule has 0 aliphatic carbocycles. The Morgan fingerprint density at radius 3 is 2.89 bits per heavy atom. The monoisotopic (exact) mass is 308 g/mol. The molecule has 0 atom stereocenters. The van der Waals surface area contributed by atoms with E-state index in [9.17, 15) is 4.79 Å². The molecular formula is C12H9BrN2O3. The summed E-state index contributed by atoms with van der Waals surface area (Å²) < 4.78 is 11.1. The first-order valence-electron chi connectivity index (χ1n) is 5.02. The number of hydrogen-bond acceptors (Lipinski definition) is 5. The molecule has 0 amide bonds. The average Bonchev–Trinajstić information content (AvgIpc) is 2.41. The van der Waals surface area contributed by atoms with Crippen molar-refractivity contribution in [2.24, 2.45) is 0 Å². The Hall–Kier alpha value is -1.95. The van der Waals surface area contributed by atoms with Crippen molar-refractivity contribution in [3.8, 4) is 17.6 Å². The zero-order valence-corrected chi connectivity index (χ0v) is 11.0. The molecule has 1 aromatic heterocycles. The number of hydrogen-bond donors (Lipinski definition) is 0. The molecule has 0 N–H and O–H groups in total. The highest BCUT2D eigenvalue weighted by Crippen LogP contribution is 2.24. The first kappa shape index (κ1) is 12.5. The maximum absolute atomic E-state index is 10.8. The lowest BCUT2D eigenvalue weighted by Crippen LogP contribution is -1.95. The summed E-state index contributed by atoms with van der Waals surface area (Å²) in [6.45, 7) is 0. The van der Waals surface area contributed by atoms with Gasteiger partial charge in [-0.25, -0.2) is 4.98 Å². The number of halogens is 1. The van der Waals surface area contributed by atoms with Crippen molar-refractivity contribution < 1.29 is 14.3 Å². The molecule has 0 aliphatic heterocycles. The van der Waals surface area contributed by atoms with Crippen LogP contribution < -0.4 is 9.47 Å². The van der Waals surface area contributed by atoms with Crippen LogP contribution in [0, 0.1) is 0 Å². The van der Waals surface area contributed by atoms with Crippen LogP contribution in [-0.4, -0.2) is 23.4 Å². The molecule has 18 heavy (non-hydrogen) atoms. The number of aldehydes is 1. The third-order valence-corrected chi connectivity index (χ3v) is 2.84. The lowest BCUT2D eigenvalue weighted by molar-refractivity contribution is 0.112. The smallest absolute Gasteiger partial charge is 0.325 e. The van der Waals surface area contributed by atoms with Gasteiger partial charge in [-0.05, 0) is 18.2 Å². The van der Waals surface area contributed by atoms with E-state index in [4.69, 9.17) is 9.47 Å². The van der Waals surface area contributed by atoms with Gasteiger partial charge >= 0.3 is 6.01 Å². The van der Waals surface area contributed by atoms with Gasteiger partial charge in [0.1, 0.15) is 5.75 Å². The van der Waals surface area contributed by atoms with Crippen molar-refractivity contribution in [2.75, 3.05) is 7.11 Å². The van der Waals surface area contributed by atoms with Gasteiger partial charge in [0, 0.05) is 22.3 Å². The van der Waals surface area contributed by atoms with E-state index in [1.54, 1.807) is 24.3 Å². The number of aromatic nitrogens is 2. The van der Waals surface area contributed by atoms with E-state index in [1.165, 1.54) is 13.3 Å². The minimum atomic E-state index is 0.161. The van der Waals surface area contributed by atoms with E-state index in [0.717, 1.165) is 6.29 Å². The Morgan fingerprint density at radius 2 is 2.17 bits per heavy atom. The van der Waals surface area contributed by atoms with Gasteiger partial charge in [0.15, 0.2) is 6.29 Å². The topological polar surface area (TPSA) is 61.3 Å². The standard InChI is InChI=1S/C12H9BrN2O3/c1-17-11-4-5-14-12(15-11)18-9-2-3-10(13)8(6-9)7-16/h2-7H,1H3. The molecule has 2 aromatic rings. The third kappa shape index (κ3) is 2.84.